The van der Waals surface area contributed by atoms with E-state index in [1.54, 1.807) is 29.2 Å². The largest absolute Gasteiger partial charge is 0.484 e. The van der Waals surface area contributed by atoms with E-state index < -0.39 is 6.04 Å². The summed E-state index contributed by atoms with van der Waals surface area (Å²) in [6.45, 7) is 6.71. The minimum absolute atomic E-state index is 0.138. The van der Waals surface area contributed by atoms with E-state index in [0.717, 1.165) is 17.5 Å². The molecular weight excluding hydrogens is 388 g/mol. The molecule has 0 bridgehead atoms. The van der Waals surface area contributed by atoms with E-state index in [4.69, 9.17) is 16.3 Å². The van der Waals surface area contributed by atoms with Crippen LogP contribution in [0.25, 0.3) is 0 Å². The second-order valence-corrected chi connectivity index (χ2v) is 7.40. The highest BCUT2D eigenvalue weighted by molar-refractivity contribution is 6.30. The fourth-order valence-corrected chi connectivity index (χ4v) is 3.06. The highest BCUT2D eigenvalue weighted by atomic mass is 35.5. The highest BCUT2D eigenvalue weighted by Crippen LogP contribution is 2.17. The topological polar surface area (TPSA) is 58.6 Å². The van der Waals surface area contributed by atoms with E-state index in [1.165, 1.54) is 0 Å². The lowest BCUT2D eigenvalue weighted by molar-refractivity contribution is -0.143. The predicted octanol–water partition coefficient (Wildman–Crippen LogP) is 4.36. The van der Waals surface area contributed by atoms with Gasteiger partial charge in [-0.1, -0.05) is 55.3 Å². The van der Waals surface area contributed by atoms with Gasteiger partial charge in [0.05, 0.1) is 0 Å². The molecule has 1 atom stereocenters. The Hall–Kier alpha value is -2.53. The number of hydrogen-bond donors (Lipinski definition) is 1. The lowest BCUT2D eigenvalue weighted by Crippen LogP contribution is -2.50. The van der Waals surface area contributed by atoms with Crippen LogP contribution in [0.1, 0.15) is 37.8 Å². The van der Waals surface area contributed by atoms with Gasteiger partial charge in [0.1, 0.15) is 11.8 Å². The molecule has 0 saturated carbocycles. The van der Waals surface area contributed by atoms with Crippen molar-refractivity contribution in [1.82, 2.24) is 10.2 Å². The molecule has 5 nitrogen and oxygen atoms in total. The van der Waals surface area contributed by atoms with E-state index in [0.29, 0.717) is 30.3 Å². The number of ether oxygens (including phenoxy) is 1. The van der Waals surface area contributed by atoms with Crippen molar-refractivity contribution < 1.29 is 14.3 Å². The number of rotatable bonds is 10. The van der Waals surface area contributed by atoms with Gasteiger partial charge >= 0.3 is 0 Å². The summed E-state index contributed by atoms with van der Waals surface area (Å²) < 4.78 is 5.63. The molecule has 6 heteroatoms. The minimum atomic E-state index is -0.552. The average molecular weight is 417 g/mol. The number of halogens is 1. The molecule has 0 radical (unpaired) electrons. The lowest BCUT2D eigenvalue weighted by atomic mass is 10.1. The summed E-state index contributed by atoms with van der Waals surface area (Å²) in [5, 5.41) is 3.51. The van der Waals surface area contributed by atoms with E-state index in [1.807, 2.05) is 45.0 Å². The van der Waals surface area contributed by atoms with Crippen molar-refractivity contribution in [2.75, 3.05) is 13.2 Å². The van der Waals surface area contributed by atoms with Crippen molar-refractivity contribution >= 4 is 23.4 Å². The second-order valence-electron chi connectivity index (χ2n) is 6.96. The van der Waals surface area contributed by atoms with Crippen molar-refractivity contribution in [3.8, 4) is 5.75 Å². The van der Waals surface area contributed by atoms with E-state index in [9.17, 15) is 9.59 Å². The first-order valence-electron chi connectivity index (χ1n) is 9.95. The average Bonchev–Trinajstić information content (AvgIpc) is 2.72. The zero-order chi connectivity index (χ0) is 21.2. The second kappa shape index (κ2) is 11.5. The van der Waals surface area contributed by atoms with E-state index in [2.05, 4.69) is 5.32 Å². The molecule has 29 heavy (non-hydrogen) atoms. The molecule has 0 unspecified atom stereocenters. The molecule has 0 heterocycles. The van der Waals surface area contributed by atoms with Crippen LogP contribution >= 0.6 is 11.6 Å². The first-order valence-corrected chi connectivity index (χ1v) is 10.3. The standard InChI is InChI=1S/C23H29ClN2O3/c1-4-14-25-23(28)21(5-2)26(15-18-8-6-17(3)7-9-18)22(27)16-29-20-12-10-19(24)11-13-20/h6-13,21H,4-5,14-16H2,1-3H3,(H,25,28)/t21-/m0/s1. The van der Waals surface area contributed by atoms with Crippen molar-refractivity contribution in [3.63, 3.8) is 0 Å². The van der Waals surface area contributed by atoms with Gasteiger partial charge in [-0.25, -0.2) is 0 Å². The third-order valence-electron chi connectivity index (χ3n) is 4.58. The van der Waals surface area contributed by atoms with Gasteiger partial charge in [0, 0.05) is 18.1 Å². The molecule has 0 aliphatic heterocycles. The van der Waals surface area contributed by atoms with Gasteiger partial charge < -0.3 is 15.0 Å². The SMILES string of the molecule is CCCNC(=O)[C@H](CC)N(Cc1ccc(C)cc1)C(=O)COc1ccc(Cl)cc1. The number of carbonyl (C=O) groups is 2. The number of amides is 2. The maximum Gasteiger partial charge on any atom is 0.261 e. The third-order valence-corrected chi connectivity index (χ3v) is 4.84. The van der Waals surface area contributed by atoms with Crippen LogP contribution in [0.5, 0.6) is 5.75 Å². The summed E-state index contributed by atoms with van der Waals surface area (Å²) in [6.07, 6.45) is 1.36. The summed E-state index contributed by atoms with van der Waals surface area (Å²) in [7, 11) is 0. The van der Waals surface area contributed by atoms with E-state index in [-0.39, 0.29) is 18.4 Å². The van der Waals surface area contributed by atoms with Crippen LogP contribution in [0.3, 0.4) is 0 Å². The zero-order valence-electron chi connectivity index (χ0n) is 17.3. The van der Waals surface area contributed by atoms with Gasteiger partial charge in [0.25, 0.3) is 5.91 Å². The van der Waals surface area contributed by atoms with Crippen molar-refractivity contribution in [3.05, 3.63) is 64.7 Å². The van der Waals surface area contributed by atoms with Crippen LogP contribution in [-0.2, 0) is 16.1 Å². The summed E-state index contributed by atoms with van der Waals surface area (Å²) in [5.41, 5.74) is 2.11. The maximum atomic E-state index is 13.0. The van der Waals surface area contributed by atoms with Crippen molar-refractivity contribution in [2.45, 2.75) is 46.2 Å². The third kappa shape index (κ3) is 7.09. The van der Waals surface area contributed by atoms with Gasteiger partial charge in [-0.05, 0) is 49.6 Å². The van der Waals surface area contributed by atoms with Crippen LogP contribution in [-0.4, -0.2) is 35.9 Å². The highest BCUT2D eigenvalue weighted by Gasteiger charge is 2.28. The quantitative estimate of drug-likeness (QED) is 0.626. The lowest BCUT2D eigenvalue weighted by Gasteiger charge is -2.30. The Morgan fingerprint density at radius 2 is 1.72 bits per heavy atom. The molecule has 0 aliphatic rings. The predicted molar refractivity (Wildman–Crippen MR) is 116 cm³/mol. The fourth-order valence-electron chi connectivity index (χ4n) is 2.93. The number of nitrogens with one attached hydrogen (secondary N) is 1. The van der Waals surface area contributed by atoms with Crippen LogP contribution in [0.4, 0.5) is 0 Å². The number of hydrogen-bond acceptors (Lipinski definition) is 3. The first-order chi connectivity index (χ1) is 13.9. The Kier molecular flexibility index (Phi) is 9.00. The van der Waals surface area contributed by atoms with E-state index >= 15 is 0 Å². The van der Waals surface area contributed by atoms with Crippen LogP contribution in [0, 0.1) is 6.92 Å². The minimum Gasteiger partial charge on any atom is -0.484 e. The van der Waals surface area contributed by atoms with Crippen LogP contribution in [0.15, 0.2) is 48.5 Å². The Labute approximate surface area is 178 Å². The Balaban J connectivity index is 2.16. The monoisotopic (exact) mass is 416 g/mol. The first kappa shape index (κ1) is 22.8. The molecule has 0 aliphatic carbocycles. The Bertz CT molecular complexity index is 791. The van der Waals surface area contributed by atoms with Crippen LogP contribution in [0.2, 0.25) is 5.02 Å². The maximum absolute atomic E-state index is 13.0. The molecule has 156 valence electrons. The fraction of sp³-hybridized carbons (Fsp3) is 0.391. The molecule has 0 aromatic heterocycles. The molecule has 2 aromatic rings. The number of carbonyl (C=O) groups excluding carboxylic acids is 2. The molecule has 2 rings (SSSR count). The zero-order valence-corrected chi connectivity index (χ0v) is 18.0. The van der Waals surface area contributed by atoms with Gasteiger partial charge in [-0.15, -0.1) is 0 Å². The molecule has 2 aromatic carbocycles. The molecule has 2 amide bonds. The number of aryl methyl sites for hydroxylation is 1. The Morgan fingerprint density at radius 3 is 2.31 bits per heavy atom. The number of nitrogens with zero attached hydrogens (tertiary/aromatic N) is 1. The molecule has 1 N–H and O–H groups in total. The van der Waals surface area contributed by atoms with Gasteiger partial charge in [-0.3, -0.25) is 9.59 Å². The Morgan fingerprint density at radius 1 is 1.07 bits per heavy atom. The van der Waals surface area contributed by atoms with Gasteiger partial charge in [0.2, 0.25) is 5.91 Å². The van der Waals surface area contributed by atoms with Crippen LogP contribution < -0.4 is 10.1 Å². The molecular formula is C23H29ClN2O3. The van der Waals surface area contributed by atoms with Crippen molar-refractivity contribution in [2.24, 2.45) is 0 Å². The number of benzene rings is 2. The molecule has 0 fully saturated rings. The van der Waals surface area contributed by atoms with Gasteiger partial charge in [-0.2, -0.15) is 0 Å². The summed E-state index contributed by atoms with van der Waals surface area (Å²) >= 11 is 5.89. The van der Waals surface area contributed by atoms with Crippen molar-refractivity contribution in [1.29, 1.82) is 0 Å². The summed E-state index contributed by atoms with van der Waals surface area (Å²) in [5.74, 6) is 0.182. The normalized spacial score (nSPS) is 11.6. The molecule has 0 saturated heterocycles. The smallest absolute Gasteiger partial charge is 0.261 e. The van der Waals surface area contributed by atoms with Gasteiger partial charge in [0.15, 0.2) is 6.61 Å². The summed E-state index contributed by atoms with van der Waals surface area (Å²) in [4.78, 5) is 27.3. The summed E-state index contributed by atoms with van der Waals surface area (Å²) in [6, 6.07) is 14.2. The molecule has 0 spiro atoms.